The van der Waals surface area contributed by atoms with E-state index in [2.05, 4.69) is 4.90 Å². The molecule has 1 aliphatic rings. The van der Waals surface area contributed by atoms with Gasteiger partial charge < -0.3 is 14.5 Å². The van der Waals surface area contributed by atoms with Crippen molar-refractivity contribution in [3.63, 3.8) is 0 Å². The molecule has 29 heavy (non-hydrogen) atoms. The number of hydrogen-bond acceptors (Lipinski definition) is 6. The maximum absolute atomic E-state index is 13.1. The van der Waals surface area contributed by atoms with Crippen molar-refractivity contribution in [1.82, 2.24) is 4.90 Å². The average Bonchev–Trinajstić information content (AvgIpc) is 3.09. The van der Waals surface area contributed by atoms with E-state index in [1.165, 1.54) is 6.07 Å². The lowest BCUT2D eigenvalue weighted by Crippen LogP contribution is -2.33. The fourth-order valence-corrected chi connectivity index (χ4v) is 4.33. The predicted octanol–water partition coefficient (Wildman–Crippen LogP) is 4.33. The third-order valence-electron chi connectivity index (χ3n) is 5.15. The molecule has 8 heteroatoms. The first-order valence-corrected chi connectivity index (χ1v) is 10.8. The highest BCUT2D eigenvalue weighted by Gasteiger charge is 2.24. The summed E-state index contributed by atoms with van der Waals surface area (Å²) in [5, 5.41) is 13.7. The molecule has 2 aromatic rings. The van der Waals surface area contributed by atoms with Crippen LogP contribution in [0.3, 0.4) is 0 Å². The van der Waals surface area contributed by atoms with Gasteiger partial charge in [-0.05, 0) is 36.4 Å². The molecule has 7 nitrogen and oxygen atoms in total. The molecule has 1 aromatic heterocycles. The van der Waals surface area contributed by atoms with E-state index in [1.807, 2.05) is 17.5 Å². The van der Waals surface area contributed by atoms with Crippen molar-refractivity contribution < 1.29 is 14.5 Å². The molecule has 0 radical (unpaired) electrons. The first-order valence-electron chi connectivity index (χ1n) is 9.94. The van der Waals surface area contributed by atoms with Gasteiger partial charge in [0.25, 0.3) is 11.6 Å². The van der Waals surface area contributed by atoms with E-state index < -0.39 is 0 Å². The zero-order valence-corrected chi connectivity index (χ0v) is 17.5. The van der Waals surface area contributed by atoms with Crippen molar-refractivity contribution in [3.05, 3.63) is 56.3 Å². The third kappa shape index (κ3) is 5.55. The Morgan fingerprint density at radius 2 is 2.00 bits per heavy atom. The minimum atomic E-state index is -0.379. The molecule has 0 aliphatic carbocycles. The molecular formula is C21H27N3O4S. The van der Waals surface area contributed by atoms with Crippen LogP contribution >= 0.6 is 11.3 Å². The Bertz CT molecular complexity index is 817. The first kappa shape index (κ1) is 21.3. The van der Waals surface area contributed by atoms with Crippen molar-refractivity contribution in [3.8, 4) is 0 Å². The number of thiophene rings is 1. The van der Waals surface area contributed by atoms with Gasteiger partial charge in [-0.2, -0.15) is 0 Å². The summed E-state index contributed by atoms with van der Waals surface area (Å²) in [4.78, 5) is 29.3. The summed E-state index contributed by atoms with van der Waals surface area (Å²) in [6, 6.07) is 8.79. The summed E-state index contributed by atoms with van der Waals surface area (Å²) >= 11 is 1.58. The van der Waals surface area contributed by atoms with Gasteiger partial charge in [0.2, 0.25) is 0 Å². The number of carbonyl (C=O) groups is 1. The van der Waals surface area contributed by atoms with Crippen molar-refractivity contribution in [2.24, 2.45) is 0 Å². The maximum Gasteiger partial charge on any atom is 0.293 e. The Kier molecular flexibility index (Phi) is 7.60. The van der Waals surface area contributed by atoms with Gasteiger partial charge in [-0.3, -0.25) is 14.9 Å². The normalized spacial score (nSPS) is 14.4. The van der Waals surface area contributed by atoms with Crippen LogP contribution in [0.2, 0.25) is 0 Å². The van der Waals surface area contributed by atoms with Crippen LogP contribution in [0.25, 0.3) is 0 Å². The largest absolute Gasteiger partial charge is 0.383 e. The number of rotatable bonds is 8. The van der Waals surface area contributed by atoms with Crippen molar-refractivity contribution in [2.45, 2.75) is 32.2 Å². The first-order chi connectivity index (χ1) is 14.1. The third-order valence-corrected chi connectivity index (χ3v) is 6.01. The smallest absolute Gasteiger partial charge is 0.293 e. The summed E-state index contributed by atoms with van der Waals surface area (Å²) in [5.41, 5.74) is 0.943. The molecule has 156 valence electrons. The van der Waals surface area contributed by atoms with Gasteiger partial charge in [0, 0.05) is 43.3 Å². The van der Waals surface area contributed by atoms with Gasteiger partial charge in [-0.15, -0.1) is 11.3 Å². The van der Waals surface area contributed by atoms with E-state index in [-0.39, 0.29) is 16.5 Å². The van der Waals surface area contributed by atoms with E-state index in [1.54, 1.807) is 35.5 Å². The molecule has 2 heterocycles. The quantitative estimate of drug-likeness (QED) is 0.472. The number of nitro benzene ring substituents is 1. The van der Waals surface area contributed by atoms with Crippen LogP contribution in [0, 0.1) is 10.1 Å². The maximum atomic E-state index is 13.1. The van der Waals surface area contributed by atoms with E-state index in [4.69, 9.17) is 4.74 Å². The summed E-state index contributed by atoms with van der Waals surface area (Å²) in [7, 11) is 1.59. The summed E-state index contributed by atoms with van der Waals surface area (Å²) in [6.45, 7) is 2.92. The van der Waals surface area contributed by atoms with Crippen molar-refractivity contribution in [2.75, 3.05) is 38.3 Å². The molecule has 1 saturated heterocycles. The molecule has 1 amide bonds. The number of methoxy groups -OCH3 is 1. The molecule has 1 aromatic carbocycles. The van der Waals surface area contributed by atoms with Crippen LogP contribution in [0.4, 0.5) is 11.4 Å². The van der Waals surface area contributed by atoms with Gasteiger partial charge in [-0.1, -0.05) is 18.9 Å². The van der Waals surface area contributed by atoms with E-state index in [9.17, 15) is 14.9 Å². The molecule has 0 saturated carbocycles. The number of ether oxygens (including phenoxy) is 1. The topological polar surface area (TPSA) is 75.9 Å². The van der Waals surface area contributed by atoms with Crippen molar-refractivity contribution in [1.29, 1.82) is 0 Å². The summed E-state index contributed by atoms with van der Waals surface area (Å²) < 4.78 is 5.14. The lowest BCUT2D eigenvalue weighted by molar-refractivity contribution is -0.384. The number of nitro groups is 1. The highest BCUT2D eigenvalue weighted by atomic mass is 32.1. The standard InChI is InChI=1S/C21H27N3O4S/c1-28-13-12-23(16-18-7-6-14-29-18)21(25)17-8-9-19(20(15-17)24(26)27)22-10-4-2-3-5-11-22/h6-9,14-15H,2-5,10-13,16H2,1H3. The molecule has 1 fully saturated rings. The zero-order chi connectivity index (χ0) is 20.6. The van der Waals surface area contributed by atoms with Gasteiger partial charge in [0.1, 0.15) is 5.69 Å². The molecule has 0 N–H and O–H groups in total. The van der Waals surface area contributed by atoms with Crippen LogP contribution in [-0.4, -0.2) is 49.1 Å². The van der Waals surface area contributed by atoms with E-state index in [0.29, 0.717) is 30.9 Å². The summed E-state index contributed by atoms with van der Waals surface area (Å²) in [6.07, 6.45) is 4.36. The number of carbonyl (C=O) groups excluding carboxylic acids is 1. The molecular weight excluding hydrogens is 390 g/mol. The molecule has 1 aliphatic heterocycles. The molecule has 0 atom stereocenters. The van der Waals surface area contributed by atoms with Gasteiger partial charge in [0.05, 0.1) is 18.1 Å². The van der Waals surface area contributed by atoms with E-state index >= 15 is 0 Å². The number of anilines is 1. The van der Waals surface area contributed by atoms with Gasteiger partial charge in [0.15, 0.2) is 0 Å². The minimum Gasteiger partial charge on any atom is -0.383 e. The van der Waals surface area contributed by atoms with Crippen LogP contribution in [0.15, 0.2) is 35.7 Å². The molecule has 3 rings (SSSR count). The van der Waals surface area contributed by atoms with Gasteiger partial charge >= 0.3 is 0 Å². The van der Waals surface area contributed by atoms with E-state index in [0.717, 1.165) is 43.6 Å². The zero-order valence-electron chi connectivity index (χ0n) is 16.7. The number of nitrogens with zero attached hydrogens (tertiary/aromatic N) is 3. The Morgan fingerprint density at radius 1 is 1.24 bits per heavy atom. The molecule has 0 bridgehead atoms. The average molecular weight is 418 g/mol. The fraction of sp³-hybridized carbons (Fsp3) is 0.476. The number of amides is 1. The Morgan fingerprint density at radius 3 is 2.62 bits per heavy atom. The monoisotopic (exact) mass is 417 g/mol. The van der Waals surface area contributed by atoms with Crippen molar-refractivity contribution >= 4 is 28.6 Å². The Balaban J connectivity index is 1.86. The summed E-state index contributed by atoms with van der Waals surface area (Å²) in [5.74, 6) is -0.221. The second-order valence-corrected chi connectivity index (χ2v) is 8.19. The highest BCUT2D eigenvalue weighted by Crippen LogP contribution is 2.31. The molecule has 0 unspecified atom stereocenters. The Hall–Kier alpha value is -2.45. The van der Waals surface area contributed by atoms with Crippen LogP contribution in [-0.2, 0) is 11.3 Å². The predicted molar refractivity (Wildman–Crippen MR) is 115 cm³/mol. The number of hydrogen-bond donors (Lipinski definition) is 0. The SMILES string of the molecule is COCCN(Cc1cccs1)C(=O)c1ccc(N2CCCCCC2)c([N+](=O)[O-])c1. The van der Waals surface area contributed by atoms with Crippen LogP contribution in [0.1, 0.15) is 40.9 Å². The number of benzene rings is 1. The second-order valence-electron chi connectivity index (χ2n) is 7.16. The second kappa shape index (κ2) is 10.4. The minimum absolute atomic E-state index is 0.000523. The molecule has 0 spiro atoms. The Labute approximate surface area is 175 Å². The van der Waals surface area contributed by atoms with Crippen LogP contribution < -0.4 is 4.90 Å². The highest BCUT2D eigenvalue weighted by molar-refractivity contribution is 7.09. The van der Waals surface area contributed by atoms with Gasteiger partial charge in [-0.25, -0.2) is 0 Å². The lowest BCUT2D eigenvalue weighted by Gasteiger charge is -2.24. The van der Waals surface area contributed by atoms with Crippen LogP contribution in [0.5, 0.6) is 0 Å². The fourth-order valence-electron chi connectivity index (χ4n) is 3.61. The lowest BCUT2D eigenvalue weighted by atomic mass is 10.1.